The van der Waals surface area contributed by atoms with Crippen molar-refractivity contribution in [2.24, 2.45) is 5.41 Å². The Balaban J connectivity index is 2.54. The highest BCUT2D eigenvalue weighted by Gasteiger charge is 2.37. The largest absolute Gasteiger partial charge is 0.469 e. The highest BCUT2D eigenvalue weighted by atomic mass is 16.5. The van der Waals surface area contributed by atoms with Crippen LogP contribution in [-0.4, -0.2) is 31.9 Å². The lowest BCUT2D eigenvalue weighted by molar-refractivity contribution is -0.154. The van der Waals surface area contributed by atoms with Gasteiger partial charge in [-0.15, -0.1) is 0 Å². The molecule has 0 N–H and O–H groups in total. The Hall–Kier alpha value is -1.65. The van der Waals surface area contributed by atoms with Crippen molar-refractivity contribution in [2.75, 3.05) is 13.7 Å². The molecule has 0 aromatic rings. The average Bonchev–Trinajstić information content (AvgIpc) is 2.89. The van der Waals surface area contributed by atoms with Gasteiger partial charge in [-0.3, -0.25) is 9.59 Å². The van der Waals surface area contributed by atoms with E-state index in [4.69, 9.17) is 4.74 Å². The van der Waals surface area contributed by atoms with Crippen LogP contribution in [0, 0.1) is 5.41 Å². The summed E-state index contributed by atoms with van der Waals surface area (Å²) in [6.07, 6.45) is 6.34. The molecular formula is C15H22O5. The number of methoxy groups -OCH3 is 1. The molecule has 1 aliphatic rings. The molecule has 0 atom stereocenters. The van der Waals surface area contributed by atoms with E-state index in [1.807, 2.05) is 6.92 Å². The molecule has 1 fully saturated rings. The SMILES string of the molecule is COC(=O)C/C(=C/CC=O)COC(=O)C1(C)CCCC1. The van der Waals surface area contributed by atoms with Gasteiger partial charge in [0.05, 0.1) is 18.9 Å². The predicted octanol–water partition coefficient (Wildman–Crippen LogP) is 2.19. The first-order chi connectivity index (χ1) is 9.51. The number of carbonyl (C=O) groups excluding carboxylic acids is 3. The van der Waals surface area contributed by atoms with Crippen molar-refractivity contribution in [1.82, 2.24) is 0 Å². The number of rotatable bonds is 7. The number of allylic oxidation sites excluding steroid dienone is 1. The molecular weight excluding hydrogens is 260 g/mol. The van der Waals surface area contributed by atoms with E-state index in [1.165, 1.54) is 7.11 Å². The minimum atomic E-state index is -0.412. The summed E-state index contributed by atoms with van der Waals surface area (Å²) in [7, 11) is 1.30. The zero-order valence-corrected chi connectivity index (χ0v) is 12.1. The molecule has 1 aliphatic carbocycles. The standard InChI is InChI=1S/C15H22O5/c1-15(7-3-4-8-15)14(18)20-11-12(6-5-9-16)10-13(17)19-2/h6,9H,3-5,7-8,10-11H2,1-2H3/b12-6-. The summed E-state index contributed by atoms with van der Waals surface area (Å²) in [4.78, 5) is 33.7. The molecule has 0 radical (unpaired) electrons. The maximum absolute atomic E-state index is 12.1. The summed E-state index contributed by atoms with van der Waals surface area (Å²) in [6, 6.07) is 0. The summed E-state index contributed by atoms with van der Waals surface area (Å²) >= 11 is 0. The molecule has 0 spiro atoms. The zero-order chi connectivity index (χ0) is 15.0. The van der Waals surface area contributed by atoms with Crippen LogP contribution in [0.1, 0.15) is 45.4 Å². The molecule has 0 bridgehead atoms. The molecule has 20 heavy (non-hydrogen) atoms. The first kappa shape index (κ1) is 16.4. The maximum Gasteiger partial charge on any atom is 0.312 e. The topological polar surface area (TPSA) is 69.7 Å². The molecule has 0 aliphatic heterocycles. The third-order valence-corrected chi connectivity index (χ3v) is 3.69. The normalized spacial score (nSPS) is 17.6. The van der Waals surface area contributed by atoms with Gasteiger partial charge in [-0.05, 0) is 25.3 Å². The van der Waals surface area contributed by atoms with Gasteiger partial charge in [0, 0.05) is 6.42 Å². The summed E-state index contributed by atoms with van der Waals surface area (Å²) in [5.74, 6) is -0.637. The number of ether oxygens (including phenoxy) is 2. The van der Waals surface area contributed by atoms with Gasteiger partial charge in [-0.1, -0.05) is 18.9 Å². The van der Waals surface area contributed by atoms with E-state index in [-0.39, 0.29) is 25.4 Å². The molecule has 0 amide bonds. The number of hydrogen-bond donors (Lipinski definition) is 0. The van der Waals surface area contributed by atoms with Crippen LogP contribution in [0.25, 0.3) is 0 Å². The highest BCUT2D eigenvalue weighted by molar-refractivity contribution is 5.77. The molecule has 0 aromatic heterocycles. The Morgan fingerprint density at radius 1 is 1.25 bits per heavy atom. The van der Waals surface area contributed by atoms with Crippen LogP contribution >= 0.6 is 0 Å². The number of carbonyl (C=O) groups is 3. The van der Waals surface area contributed by atoms with Crippen molar-refractivity contribution >= 4 is 18.2 Å². The summed E-state index contributed by atoms with van der Waals surface area (Å²) in [6.45, 7) is 1.95. The van der Waals surface area contributed by atoms with E-state index in [0.717, 1.165) is 32.0 Å². The Morgan fingerprint density at radius 3 is 2.45 bits per heavy atom. The smallest absolute Gasteiger partial charge is 0.312 e. The van der Waals surface area contributed by atoms with Crippen molar-refractivity contribution in [3.63, 3.8) is 0 Å². The Bertz CT molecular complexity index is 391. The van der Waals surface area contributed by atoms with E-state index in [9.17, 15) is 14.4 Å². The van der Waals surface area contributed by atoms with Crippen molar-refractivity contribution in [3.8, 4) is 0 Å². The third kappa shape index (κ3) is 4.79. The molecule has 0 aromatic carbocycles. The fraction of sp³-hybridized carbons (Fsp3) is 0.667. The first-order valence-corrected chi connectivity index (χ1v) is 6.87. The van der Waals surface area contributed by atoms with E-state index in [0.29, 0.717) is 5.57 Å². The van der Waals surface area contributed by atoms with Gasteiger partial charge in [-0.25, -0.2) is 0 Å². The fourth-order valence-corrected chi connectivity index (χ4v) is 2.35. The van der Waals surface area contributed by atoms with Crippen molar-refractivity contribution < 1.29 is 23.9 Å². The first-order valence-electron chi connectivity index (χ1n) is 6.87. The van der Waals surface area contributed by atoms with Crippen molar-refractivity contribution in [2.45, 2.75) is 45.4 Å². The molecule has 5 heteroatoms. The van der Waals surface area contributed by atoms with Crippen LogP contribution in [-0.2, 0) is 23.9 Å². The second-order valence-electron chi connectivity index (χ2n) is 5.36. The van der Waals surface area contributed by atoms with Crippen molar-refractivity contribution in [3.05, 3.63) is 11.6 Å². The molecule has 0 saturated heterocycles. The Labute approximate surface area is 119 Å². The lowest BCUT2D eigenvalue weighted by atomic mass is 9.89. The predicted molar refractivity (Wildman–Crippen MR) is 72.9 cm³/mol. The van der Waals surface area contributed by atoms with Crippen molar-refractivity contribution in [1.29, 1.82) is 0 Å². The quantitative estimate of drug-likeness (QED) is 0.406. The molecule has 112 valence electrons. The van der Waals surface area contributed by atoms with Gasteiger partial charge < -0.3 is 14.3 Å². The second-order valence-corrected chi connectivity index (χ2v) is 5.36. The second kappa shape index (κ2) is 7.82. The van der Waals surface area contributed by atoms with E-state index < -0.39 is 11.4 Å². The van der Waals surface area contributed by atoms with Crippen LogP contribution in [0.2, 0.25) is 0 Å². The van der Waals surface area contributed by atoms with Crippen LogP contribution < -0.4 is 0 Å². The summed E-state index contributed by atoms with van der Waals surface area (Å²) < 4.78 is 9.88. The van der Waals surface area contributed by atoms with E-state index >= 15 is 0 Å². The van der Waals surface area contributed by atoms with Crippen LogP contribution in [0.15, 0.2) is 11.6 Å². The zero-order valence-electron chi connectivity index (χ0n) is 12.1. The van der Waals surface area contributed by atoms with Crippen LogP contribution in [0.3, 0.4) is 0 Å². The van der Waals surface area contributed by atoms with Gasteiger partial charge >= 0.3 is 11.9 Å². The lowest BCUT2D eigenvalue weighted by Gasteiger charge is -2.21. The number of aldehydes is 1. The van der Waals surface area contributed by atoms with E-state index in [1.54, 1.807) is 6.08 Å². The molecule has 0 unspecified atom stereocenters. The van der Waals surface area contributed by atoms with Gasteiger partial charge in [-0.2, -0.15) is 0 Å². The fourth-order valence-electron chi connectivity index (χ4n) is 2.35. The number of esters is 2. The number of hydrogen-bond acceptors (Lipinski definition) is 5. The van der Waals surface area contributed by atoms with Gasteiger partial charge in [0.25, 0.3) is 0 Å². The molecule has 1 rings (SSSR count). The minimum Gasteiger partial charge on any atom is -0.469 e. The summed E-state index contributed by atoms with van der Waals surface area (Å²) in [5.41, 5.74) is 0.194. The molecule has 1 saturated carbocycles. The Morgan fingerprint density at radius 2 is 1.90 bits per heavy atom. The maximum atomic E-state index is 12.1. The van der Waals surface area contributed by atoms with Gasteiger partial charge in [0.1, 0.15) is 12.9 Å². The van der Waals surface area contributed by atoms with Gasteiger partial charge in [0.2, 0.25) is 0 Å². The average molecular weight is 282 g/mol. The van der Waals surface area contributed by atoms with Gasteiger partial charge in [0.15, 0.2) is 0 Å². The molecule has 0 heterocycles. The third-order valence-electron chi connectivity index (χ3n) is 3.69. The van der Waals surface area contributed by atoms with E-state index in [2.05, 4.69) is 4.74 Å². The highest BCUT2D eigenvalue weighted by Crippen LogP contribution is 2.38. The Kier molecular flexibility index (Phi) is 6.42. The summed E-state index contributed by atoms with van der Waals surface area (Å²) in [5, 5.41) is 0. The monoisotopic (exact) mass is 282 g/mol. The molecule has 5 nitrogen and oxygen atoms in total. The van der Waals surface area contributed by atoms with Crippen LogP contribution in [0.5, 0.6) is 0 Å². The minimum absolute atomic E-state index is 0.0360. The lowest BCUT2D eigenvalue weighted by Crippen LogP contribution is -2.27. The van der Waals surface area contributed by atoms with Crippen LogP contribution in [0.4, 0.5) is 0 Å².